The van der Waals surface area contributed by atoms with Crippen molar-refractivity contribution >= 4 is 35.5 Å². The molecule has 0 atom stereocenters. The van der Waals surface area contributed by atoms with Crippen LogP contribution < -0.4 is 0 Å². The van der Waals surface area contributed by atoms with E-state index in [2.05, 4.69) is 0 Å². The van der Waals surface area contributed by atoms with E-state index in [1.807, 2.05) is 12.6 Å². The van der Waals surface area contributed by atoms with Crippen molar-refractivity contribution in [3.8, 4) is 0 Å². The van der Waals surface area contributed by atoms with Gasteiger partial charge in [-0.2, -0.15) is 22.2 Å². The Balaban J connectivity index is 0.000000364. The van der Waals surface area contributed by atoms with Crippen molar-refractivity contribution in [1.29, 1.82) is 0 Å². The van der Waals surface area contributed by atoms with Gasteiger partial charge in [-0.15, -0.1) is 0 Å². The molecule has 0 aromatic heterocycles. The van der Waals surface area contributed by atoms with Crippen molar-refractivity contribution in [2.24, 2.45) is 0 Å². The van der Waals surface area contributed by atoms with Crippen molar-refractivity contribution in [2.75, 3.05) is 0 Å². The third-order valence-electron chi connectivity index (χ3n) is 1.38. The predicted molar refractivity (Wildman–Crippen MR) is 62.9 cm³/mol. The molecule has 0 aliphatic heterocycles. The zero-order valence-corrected chi connectivity index (χ0v) is 10.7. The Morgan fingerprint density at radius 2 is 1.79 bits per heavy atom. The standard InChI is InChI=1S/C8H8O2.CH4Cl2Si/c1-6-4-2-3-5-7(6)8(9)10;1-4(2)3/h2-5H,1H3,(H,9,10);4H,1H3. The van der Waals surface area contributed by atoms with Gasteiger partial charge in [0.25, 0.3) is 0 Å². The van der Waals surface area contributed by atoms with Crippen LogP contribution in [0.1, 0.15) is 15.9 Å². The monoisotopic (exact) mass is 250 g/mol. The number of benzene rings is 1. The lowest BCUT2D eigenvalue weighted by Crippen LogP contribution is -1.97. The van der Waals surface area contributed by atoms with E-state index in [9.17, 15) is 4.79 Å². The fraction of sp³-hybridized carbons (Fsp3) is 0.222. The van der Waals surface area contributed by atoms with Crippen molar-refractivity contribution in [3.05, 3.63) is 35.4 Å². The Bertz CT molecular complexity index is 300. The number of halogens is 2. The molecule has 0 bridgehead atoms. The Labute approximate surface area is 94.5 Å². The van der Waals surface area contributed by atoms with Gasteiger partial charge in [0.1, 0.15) is 0 Å². The summed E-state index contributed by atoms with van der Waals surface area (Å²) in [4.78, 5) is 10.4. The number of carbonyl (C=O) groups is 1. The normalized spacial score (nSPS) is 9.21. The average molecular weight is 251 g/mol. The number of hydrogen-bond acceptors (Lipinski definition) is 1. The van der Waals surface area contributed by atoms with Gasteiger partial charge in [-0.3, -0.25) is 0 Å². The minimum Gasteiger partial charge on any atom is -0.478 e. The van der Waals surface area contributed by atoms with Gasteiger partial charge in [0.15, 0.2) is 0 Å². The lowest BCUT2D eigenvalue weighted by Gasteiger charge is -1.96. The number of aromatic carboxylic acids is 1. The maximum absolute atomic E-state index is 10.4. The summed E-state index contributed by atoms with van der Waals surface area (Å²) in [6, 6.07) is 6.92. The molecule has 0 fully saturated rings. The highest BCUT2D eigenvalue weighted by Crippen LogP contribution is 2.05. The first-order chi connectivity index (χ1) is 6.45. The molecule has 0 unspecified atom stereocenters. The van der Waals surface area contributed by atoms with Crippen LogP contribution in [0.25, 0.3) is 0 Å². The van der Waals surface area contributed by atoms with Crippen molar-refractivity contribution in [2.45, 2.75) is 13.5 Å². The molecule has 0 radical (unpaired) electrons. The van der Waals surface area contributed by atoms with Gasteiger partial charge in [0, 0.05) is 0 Å². The quantitative estimate of drug-likeness (QED) is 0.615. The second kappa shape index (κ2) is 6.87. The summed E-state index contributed by atoms with van der Waals surface area (Å²) in [5.41, 5.74) is 1.18. The van der Waals surface area contributed by atoms with Gasteiger partial charge < -0.3 is 5.11 Å². The summed E-state index contributed by atoms with van der Waals surface area (Å²) in [7, 11) is -1.19. The molecule has 1 rings (SSSR count). The van der Waals surface area contributed by atoms with Crippen LogP contribution in [0, 0.1) is 6.92 Å². The van der Waals surface area contributed by atoms with E-state index < -0.39 is 13.4 Å². The molecular formula is C9H12Cl2O2Si. The number of rotatable bonds is 1. The molecule has 0 aliphatic carbocycles. The van der Waals surface area contributed by atoms with Crippen LogP contribution in [-0.2, 0) is 0 Å². The summed E-state index contributed by atoms with van der Waals surface area (Å²) < 4.78 is 0. The second-order valence-corrected chi connectivity index (χ2v) is 8.27. The first kappa shape index (κ1) is 13.5. The van der Waals surface area contributed by atoms with Gasteiger partial charge in [-0.25, -0.2) is 4.79 Å². The lowest BCUT2D eigenvalue weighted by atomic mass is 10.1. The summed E-state index contributed by atoms with van der Waals surface area (Å²) in [5, 5.41) is 8.57. The number of aryl methyl sites for hydroxylation is 1. The molecule has 0 amide bonds. The zero-order valence-electron chi connectivity index (χ0n) is 8.00. The second-order valence-electron chi connectivity index (χ2n) is 2.64. The van der Waals surface area contributed by atoms with Crippen LogP contribution in [0.5, 0.6) is 0 Å². The molecule has 0 heterocycles. The molecule has 0 spiro atoms. The molecule has 1 aromatic carbocycles. The minimum absolute atomic E-state index is 0.377. The van der Waals surface area contributed by atoms with Gasteiger partial charge in [0.2, 0.25) is 7.42 Å². The fourth-order valence-electron chi connectivity index (χ4n) is 0.813. The third kappa shape index (κ3) is 6.02. The molecule has 0 saturated carbocycles. The van der Waals surface area contributed by atoms with E-state index >= 15 is 0 Å². The summed E-state index contributed by atoms with van der Waals surface area (Å²) >= 11 is 10.4. The molecular weight excluding hydrogens is 239 g/mol. The van der Waals surface area contributed by atoms with Crippen molar-refractivity contribution in [1.82, 2.24) is 0 Å². The lowest BCUT2D eigenvalue weighted by molar-refractivity contribution is 0.0696. The van der Waals surface area contributed by atoms with Crippen LogP contribution >= 0.6 is 22.2 Å². The van der Waals surface area contributed by atoms with Gasteiger partial charge in [0.05, 0.1) is 5.56 Å². The Morgan fingerprint density at radius 3 is 2.07 bits per heavy atom. The van der Waals surface area contributed by atoms with Gasteiger partial charge in [-0.1, -0.05) is 18.2 Å². The Kier molecular flexibility index (Phi) is 6.62. The van der Waals surface area contributed by atoms with Crippen molar-refractivity contribution in [3.63, 3.8) is 0 Å². The highest BCUT2D eigenvalue weighted by atomic mass is 35.7. The molecule has 1 aromatic rings. The largest absolute Gasteiger partial charge is 0.478 e. The number of carboxylic acids is 1. The van der Waals surface area contributed by atoms with Gasteiger partial charge in [-0.05, 0) is 25.1 Å². The van der Waals surface area contributed by atoms with Crippen LogP contribution in [-0.4, -0.2) is 18.5 Å². The molecule has 14 heavy (non-hydrogen) atoms. The summed E-state index contributed by atoms with van der Waals surface area (Å²) in [6.45, 7) is 3.62. The average Bonchev–Trinajstić information content (AvgIpc) is 2.03. The molecule has 78 valence electrons. The van der Waals surface area contributed by atoms with E-state index in [1.54, 1.807) is 25.1 Å². The van der Waals surface area contributed by atoms with Gasteiger partial charge >= 0.3 is 5.97 Å². The molecule has 2 nitrogen and oxygen atoms in total. The Hall–Kier alpha value is -0.513. The molecule has 0 saturated heterocycles. The maximum atomic E-state index is 10.4. The third-order valence-corrected chi connectivity index (χ3v) is 1.38. The van der Waals surface area contributed by atoms with E-state index in [1.165, 1.54) is 0 Å². The summed E-state index contributed by atoms with van der Waals surface area (Å²) in [6.07, 6.45) is 0. The molecule has 5 heteroatoms. The van der Waals surface area contributed by atoms with E-state index in [-0.39, 0.29) is 0 Å². The molecule has 0 aliphatic rings. The van der Waals surface area contributed by atoms with Crippen LogP contribution in [0.15, 0.2) is 24.3 Å². The summed E-state index contributed by atoms with van der Waals surface area (Å²) in [5.74, 6) is -0.863. The molecule has 1 N–H and O–H groups in total. The maximum Gasteiger partial charge on any atom is 0.335 e. The van der Waals surface area contributed by atoms with Crippen LogP contribution in [0.4, 0.5) is 0 Å². The minimum atomic E-state index is -1.19. The fourth-order valence-corrected chi connectivity index (χ4v) is 0.813. The van der Waals surface area contributed by atoms with E-state index in [0.29, 0.717) is 5.56 Å². The first-order valence-corrected chi connectivity index (χ1v) is 8.67. The van der Waals surface area contributed by atoms with Crippen molar-refractivity contribution < 1.29 is 9.90 Å². The predicted octanol–water partition coefficient (Wildman–Crippen LogP) is 3.01. The van der Waals surface area contributed by atoms with E-state index in [0.717, 1.165) is 5.56 Å². The smallest absolute Gasteiger partial charge is 0.335 e. The number of carboxylic acid groups (broad SMARTS) is 1. The first-order valence-electron chi connectivity index (χ1n) is 4.02. The topological polar surface area (TPSA) is 37.3 Å². The van der Waals surface area contributed by atoms with Crippen LogP contribution in [0.3, 0.4) is 0 Å². The number of hydrogen-bond donors (Lipinski definition) is 1. The Morgan fingerprint density at radius 1 is 1.36 bits per heavy atom. The van der Waals surface area contributed by atoms with Crippen LogP contribution in [0.2, 0.25) is 6.55 Å². The SMILES string of the molecule is C[SiH](Cl)Cl.Cc1ccccc1C(=O)O. The van der Waals surface area contributed by atoms with E-state index in [4.69, 9.17) is 27.3 Å². The highest BCUT2D eigenvalue weighted by molar-refractivity contribution is 7.33. The zero-order chi connectivity index (χ0) is 11.1. The highest BCUT2D eigenvalue weighted by Gasteiger charge is 2.02.